The third-order valence-electron chi connectivity index (χ3n) is 7.64. The van der Waals surface area contributed by atoms with Gasteiger partial charge in [-0.1, -0.05) is 30.3 Å². The number of hydrogen-bond acceptors (Lipinski definition) is 7. The number of hydrogen-bond donors (Lipinski definition) is 1. The molecule has 1 N–H and O–H groups in total. The summed E-state index contributed by atoms with van der Waals surface area (Å²) in [7, 11) is -3.57. The first-order chi connectivity index (χ1) is 20.0. The van der Waals surface area contributed by atoms with E-state index in [1.54, 1.807) is 54.9 Å². The van der Waals surface area contributed by atoms with Crippen molar-refractivity contribution in [1.82, 2.24) is 24.8 Å². The summed E-state index contributed by atoms with van der Waals surface area (Å²) in [6.07, 6.45) is 3.46. The molecule has 6 aromatic rings. The lowest BCUT2D eigenvalue weighted by molar-refractivity contribution is 0.250. The summed E-state index contributed by atoms with van der Waals surface area (Å²) >= 11 is 0. The van der Waals surface area contributed by atoms with Crippen LogP contribution >= 0.6 is 0 Å². The number of sulfone groups is 1. The second kappa shape index (κ2) is 10.4. The number of para-hydroxylation sites is 1. The van der Waals surface area contributed by atoms with E-state index in [1.165, 1.54) is 5.56 Å². The molecule has 0 radical (unpaired) electrons. The van der Waals surface area contributed by atoms with Crippen LogP contribution in [0.5, 0.6) is 0 Å². The van der Waals surface area contributed by atoms with Gasteiger partial charge in [-0.3, -0.25) is 14.9 Å². The number of imidazole rings is 1. The number of nitrogens with zero attached hydrogens (tertiary/aromatic N) is 5. The third kappa shape index (κ3) is 4.94. The summed E-state index contributed by atoms with van der Waals surface area (Å²) in [6, 6.07) is 27.9. The van der Waals surface area contributed by atoms with Gasteiger partial charge in [0.15, 0.2) is 0 Å². The monoisotopic (exact) mass is 560 g/mol. The molecule has 0 unspecified atom stereocenters. The summed E-state index contributed by atoms with van der Waals surface area (Å²) in [5.41, 5.74) is 6.91. The Morgan fingerprint density at radius 2 is 1.46 bits per heavy atom. The molecule has 3 heterocycles. The van der Waals surface area contributed by atoms with Gasteiger partial charge in [0.05, 0.1) is 32.0 Å². The maximum absolute atomic E-state index is 13.0. The number of piperazine rings is 1. The van der Waals surface area contributed by atoms with E-state index in [1.807, 2.05) is 24.3 Å². The molecule has 41 heavy (non-hydrogen) atoms. The van der Waals surface area contributed by atoms with Crippen molar-refractivity contribution < 1.29 is 8.42 Å². The van der Waals surface area contributed by atoms with Crippen LogP contribution in [0, 0.1) is 0 Å². The summed E-state index contributed by atoms with van der Waals surface area (Å²) in [4.78, 5) is 22.6. The number of fused-ring (bicyclic) bond motifs is 2. The van der Waals surface area contributed by atoms with Gasteiger partial charge in [-0.15, -0.1) is 0 Å². The van der Waals surface area contributed by atoms with Crippen molar-refractivity contribution in [2.45, 2.75) is 16.3 Å². The minimum Gasteiger partial charge on any atom is -0.367 e. The summed E-state index contributed by atoms with van der Waals surface area (Å²) < 4.78 is 26.0. The van der Waals surface area contributed by atoms with Crippen molar-refractivity contribution >= 4 is 37.6 Å². The predicted octanol–water partition coefficient (Wildman–Crippen LogP) is 5.33. The molecule has 0 aliphatic carbocycles. The molecular weight excluding hydrogens is 532 g/mol. The highest BCUT2D eigenvalue weighted by Crippen LogP contribution is 2.30. The van der Waals surface area contributed by atoms with Gasteiger partial charge in [-0.2, -0.15) is 0 Å². The summed E-state index contributed by atoms with van der Waals surface area (Å²) in [5, 5.41) is 0. The van der Waals surface area contributed by atoms with Crippen LogP contribution in [0.2, 0.25) is 0 Å². The molecule has 1 fully saturated rings. The third-order valence-corrected chi connectivity index (χ3v) is 9.42. The minimum atomic E-state index is -3.57. The molecule has 0 spiro atoms. The van der Waals surface area contributed by atoms with Crippen LogP contribution < -0.4 is 4.90 Å². The lowest BCUT2D eigenvalue weighted by atomic mass is 10.1. The van der Waals surface area contributed by atoms with Crippen LogP contribution in [0.3, 0.4) is 0 Å². The van der Waals surface area contributed by atoms with Crippen molar-refractivity contribution in [3.8, 4) is 11.4 Å². The minimum absolute atomic E-state index is 0.263. The molecule has 0 atom stereocenters. The van der Waals surface area contributed by atoms with Crippen LogP contribution in [0.25, 0.3) is 33.5 Å². The lowest BCUT2D eigenvalue weighted by Crippen LogP contribution is -2.46. The van der Waals surface area contributed by atoms with E-state index in [0.717, 1.165) is 66.0 Å². The first kappa shape index (κ1) is 25.4. The van der Waals surface area contributed by atoms with E-state index in [9.17, 15) is 8.42 Å². The SMILES string of the molecule is O=S(=O)(c1ccccc1)c1ccc(-c2nc3c(N4CCN(Cc5ccc6nccnc6c5)CC4)cccc3[nH]2)cc1. The Kier molecular flexibility index (Phi) is 6.45. The second-order valence-electron chi connectivity index (χ2n) is 10.2. The zero-order valence-electron chi connectivity index (χ0n) is 22.3. The molecule has 0 amide bonds. The Bertz CT molecular complexity index is 1950. The van der Waals surface area contributed by atoms with Crippen LogP contribution in [0.4, 0.5) is 5.69 Å². The van der Waals surface area contributed by atoms with E-state index in [0.29, 0.717) is 5.82 Å². The quantitative estimate of drug-likeness (QED) is 0.294. The Balaban J connectivity index is 1.07. The second-order valence-corrected chi connectivity index (χ2v) is 12.2. The number of rotatable bonds is 6. The van der Waals surface area contributed by atoms with Crippen molar-refractivity contribution in [2.75, 3.05) is 31.1 Å². The Morgan fingerprint density at radius 1 is 0.732 bits per heavy atom. The van der Waals surface area contributed by atoms with Gasteiger partial charge in [-0.25, -0.2) is 13.4 Å². The fourth-order valence-corrected chi connectivity index (χ4v) is 6.73. The van der Waals surface area contributed by atoms with Crippen LogP contribution in [-0.2, 0) is 16.4 Å². The summed E-state index contributed by atoms with van der Waals surface area (Å²) in [5.74, 6) is 0.717. The number of benzene rings is 4. The van der Waals surface area contributed by atoms with Crippen LogP contribution in [0.15, 0.2) is 113 Å². The molecule has 7 rings (SSSR count). The Labute approximate surface area is 238 Å². The maximum Gasteiger partial charge on any atom is 0.206 e. The smallest absolute Gasteiger partial charge is 0.206 e. The van der Waals surface area contributed by atoms with E-state index in [2.05, 4.69) is 49.0 Å². The van der Waals surface area contributed by atoms with E-state index < -0.39 is 9.84 Å². The highest BCUT2D eigenvalue weighted by atomic mass is 32.2. The fourth-order valence-electron chi connectivity index (χ4n) is 5.45. The molecule has 1 saturated heterocycles. The van der Waals surface area contributed by atoms with Gasteiger partial charge in [-0.05, 0) is 66.2 Å². The molecular formula is C32H28N6O2S. The van der Waals surface area contributed by atoms with E-state index in [4.69, 9.17) is 4.98 Å². The van der Waals surface area contributed by atoms with Gasteiger partial charge >= 0.3 is 0 Å². The topological polar surface area (TPSA) is 95.1 Å². The number of nitrogens with one attached hydrogen (secondary N) is 1. The highest BCUT2D eigenvalue weighted by Gasteiger charge is 2.21. The van der Waals surface area contributed by atoms with Crippen molar-refractivity contribution in [3.63, 3.8) is 0 Å². The van der Waals surface area contributed by atoms with Crippen molar-refractivity contribution in [3.05, 3.63) is 109 Å². The first-order valence-electron chi connectivity index (χ1n) is 13.6. The molecule has 2 aromatic heterocycles. The average molecular weight is 561 g/mol. The van der Waals surface area contributed by atoms with Crippen molar-refractivity contribution in [2.24, 2.45) is 0 Å². The van der Waals surface area contributed by atoms with Gasteiger partial charge in [0, 0.05) is 50.7 Å². The number of anilines is 1. The molecule has 9 heteroatoms. The van der Waals surface area contributed by atoms with Crippen molar-refractivity contribution in [1.29, 1.82) is 0 Å². The molecule has 4 aromatic carbocycles. The molecule has 1 aliphatic heterocycles. The van der Waals surface area contributed by atoms with Gasteiger partial charge < -0.3 is 9.88 Å². The van der Waals surface area contributed by atoms with E-state index in [-0.39, 0.29) is 9.79 Å². The fraction of sp³-hybridized carbons (Fsp3) is 0.156. The molecule has 0 saturated carbocycles. The van der Waals surface area contributed by atoms with Gasteiger partial charge in [0.25, 0.3) is 0 Å². The van der Waals surface area contributed by atoms with Gasteiger partial charge in [0.1, 0.15) is 11.3 Å². The highest BCUT2D eigenvalue weighted by molar-refractivity contribution is 7.91. The largest absolute Gasteiger partial charge is 0.367 e. The standard InChI is InChI=1S/C32H28N6O2S/c39-41(40,25-5-2-1-3-6-25)26-12-10-24(11-13-26)32-35-28-7-4-8-30(31(28)36-32)38-19-17-37(18-20-38)22-23-9-14-27-29(21-23)34-16-15-33-27/h1-16,21H,17-20,22H2,(H,35,36). The number of aromatic nitrogens is 4. The predicted molar refractivity (Wildman–Crippen MR) is 160 cm³/mol. The zero-order chi connectivity index (χ0) is 27.8. The first-order valence-corrected chi connectivity index (χ1v) is 15.1. The van der Waals surface area contributed by atoms with Gasteiger partial charge in [0.2, 0.25) is 9.84 Å². The normalized spacial score (nSPS) is 14.6. The average Bonchev–Trinajstić information content (AvgIpc) is 3.47. The van der Waals surface area contributed by atoms with Crippen LogP contribution in [-0.4, -0.2) is 59.4 Å². The lowest BCUT2D eigenvalue weighted by Gasteiger charge is -2.36. The molecule has 0 bridgehead atoms. The molecule has 8 nitrogen and oxygen atoms in total. The Morgan fingerprint density at radius 3 is 2.24 bits per heavy atom. The Hall–Kier alpha value is -4.60. The molecule has 204 valence electrons. The van der Waals surface area contributed by atoms with Crippen LogP contribution in [0.1, 0.15) is 5.56 Å². The zero-order valence-corrected chi connectivity index (χ0v) is 23.1. The van der Waals surface area contributed by atoms with E-state index >= 15 is 0 Å². The number of H-pyrrole nitrogens is 1. The number of aromatic amines is 1. The maximum atomic E-state index is 13.0. The molecule has 1 aliphatic rings. The summed E-state index contributed by atoms with van der Waals surface area (Å²) in [6.45, 7) is 4.58.